The average Bonchev–Trinajstić information content (AvgIpc) is 2.86. The van der Waals surface area contributed by atoms with E-state index in [0.717, 1.165) is 17.9 Å². The first-order chi connectivity index (χ1) is 12.4. The Hall–Kier alpha value is -2.12. The van der Waals surface area contributed by atoms with Crippen LogP contribution in [0.1, 0.15) is 24.8 Å². The van der Waals surface area contributed by atoms with Crippen LogP contribution in [0, 0.1) is 0 Å². The second kappa shape index (κ2) is 9.54. The van der Waals surface area contributed by atoms with E-state index in [1.807, 2.05) is 19.0 Å². The van der Waals surface area contributed by atoms with Gasteiger partial charge in [-0.3, -0.25) is 14.5 Å². The van der Waals surface area contributed by atoms with Crippen molar-refractivity contribution >= 4 is 29.4 Å². The highest BCUT2D eigenvalue weighted by molar-refractivity contribution is 6.31. The Morgan fingerprint density at radius 3 is 2.73 bits per heavy atom. The SMILES string of the molecule is CN(C)CCCNC(=O)CC[C@H]1NC(=O)N(Cc2ccccc2Cl)C1=O. The Labute approximate surface area is 158 Å². The fraction of sp³-hybridized carbons (Fsp3) is 0.500. The highest BCUT2D eigenvalue weighted by Crippen LogP contribution is 2.20. The van der Waals surface area contributed by atoms with Gasteiger partial charge in [-0.2, -0.15) is 0 Å². The van der Waals surface area contributed by atoms with E-state index in [1.165, 1.54) is 0 Å². The lowest BCUT2D eigenvalue weighted by Gasteiger charge is -2.14. The van der Waals surface area contributed by atoms with Crippen LogP contribution >= 0.6 is 11.6 Å². The maximum absolute atomic E-state index is 12.4. The zero-order valence-corrected chi connectivity index (χ0v) is 15.9. The van der Waals surface area contributed by atoms with Crippen molar-refractivity contribution < 1.29 is 14.4 Å². The molecule has 1 saturated heterocycles. The summed E-state index contributed by atoms with van der Waals surface area (Å²) in [5.41, 5.74) is 0.706. The van der Waals surface area contributed by atoms with E-state index < -0.39 is 12.1 Å². The van der Waals surface area contributed by atoms with E-state index in [1.54, 1.807) is 24.3 Å². The Kier molecular flexibility index (Phi) is 7.41. The predicted octanol–water partition coefficient (Wildman–Crippen LogP) is 1.61. The molecule has 0 aliphatic carbocycles. The van der Waals surface area contributed by atoms with Crippen LogP contribution in [-0.2, 0) is 16.1 Å². The maximum atomic E-state index is 12.4. The molecular formula is C18H25ClN4O3. The summed E-state index contributed by atoms with van der Waals surface area (Å²) in [6.07, 6.45) is 1.34. The molecule has 1 fully saturated rings. The summed E-state index contributed by atoms with van der Waals surface area (Å²) in [6.45, 7) is 1.62. The van der Waals surface area contributed by atoms with Gasteiger partial charge in [-0.15, -0.1) is 0 Å². The van der Waals surface area contributed by atoms with Gasteiger partial charge >= 0.3 is 6.03 Å². The third-order valence-electron chi connectivity index (χ3n) is 4.16. The van der Waals surface area contributed by atoms with Gasteiger partial charge in [0.15, 0.2) is 0 Å². The van der Waals surface area contributed by atoms with Gasteiger partial charge in [0.2, 0.25) is 5.91 Å². The van der Waals surface area contributed by atoms with E-state index in [-0.39, 0.29) is 31.2 Å². The second-order valence-corrected chi connectivity index (χ2v) is 6.97. The molecule has 142 valence electrons. The van der Waals surface area contributed by atoms with Gasteiger partial charge < -0.3 is 15.5 Å². The molecule has 1 aliphatic heterocycles. The lowest BCUT2D eigenvalue weighted by molar-refractivity contribution is -0.128. The number of hydrogen-bond donors (Lipinski definition) is 2. The van der Waals surface area contributed by atoms with Gasteiger partial charge in [0.25, 0.3) is 5.91 Å². The normalized spacial score (nSPS) is 16.9. The number of halogens is 1. The number of imide groups is 1. The Balaban J connectivity index is 1.79. The second-order valence-electron chi connectivity index (χ2n) is 6.56. The van der Waals surface area contributed by atoms with Gasteiger partial charge in [0.1, 0.15) is 6.04 Å². The number of carbonyl (C=O) groups excluding carboxylic acids is 3. The minimum atomic E-state index is -0.669. The molecule has 4 amide bonds. The topological polar surface area (TPSA) is 81.8 Å². The molecule has 1 aromatic rings. The van der Waals surface area contributed by atoms with Crippen molar-refractivity contribution in [3.8, 4) is 0 Å². The van der Waals surface area contributed by atoms with Crippen LogP contribution in [0.3, 0.4) is 0 Å². The maximum Gasteiger partial charge on any atom is 0.325 e. The monoisotopic (exact) mass is 380 g/mol. The lowest BCUT2D eigenvalue weighted by atomic mass is 10.1. The number of amides is 4. The molecule has 26 heavy (non-hydrogen) atoms. The molecule has 2 rings (SSSR count). The summed E-state index contributed by atoms with van der Waals surface area (Å²) in [6, 6.07) is 5.96. The Bertz CT molecular complexity index is 666. The van der Waals surface area contributed by atoms with Crippen molar-refractivity contribution in [3.05, 3.63) is 34.9 Å². The van der Waals surface area contributed by atoms with Crippen molar-refractivity contribution in [3.63, 3.8) is 0 Å². The summed E-state index contributed by atoms with van der Waals surface area (Å²) >= 11 is 6.09. The number of benzene rings is 1. The van der Waals surface area contributed by atoms with Crippen molar-refractivity contribution in [1.82, 2.24) is 20.4 Å². The van der Waals surface area contributed by atoms with Crippen LogP contribution in [0.2, 0.25) is 5.02 Å². The van der Waals surface area contributed by atoms with E-state index >= 15 is 0 Å². The van der Waals surface area contributed by atoms with Crippen LogP contribution in [-0.4, -0.2) is 60.9 Å². The van der Waals surface area contributed by atoms with Gasteiger partial charge in [-0.1, -0.05) is 29.8 Å². The molecule has 1 aromatic carbocycles. The molecule has 1 heterocycles. The number of urea groups is 1. The van der Waals surface area contributed by atoms with Crippen molar-refractivity contribution in [2.45, 2.75) is 31.8 Å². The molecule has 0 unspecified atom stereocenters. The van der Waals surface area contributed by atoms with Crippen LogP contribution < -0.4 is 10.6 Å². The minimum absolute atomic E-state index is 0.115. The standard InChI is InChI=1S/C18H25ClN4O3/c1-22(2)11-5-10-20-16(24)9-8-15-17(25)23(18(26)21-15)12-13-6-3-4-7-14(13)19/h3-4,6-7,15H,5,8-12H2,1-2H3,(H,20,24)(H,21,26)/t15-/m1/s1. The summed E-state index contributed by atoms with van der Waals surface area (Å²) in [5.74, 6) is -0.439. The fourth-order valence-electron chi connectivity index (χ4n) is 2.71. The largest absolute Gasteiger partial charge is 0.356 e. The first kappa shape index (κ1) is 20.2. The average molecular weight is 381 g/mol. The smallest absolute Gasteiger partial charge is 0.325 e. The third kappa shape index (κ3) is 5.71. The molecule has 2 N–H and O–H groups in total. The number of rotatable bonds is 9. The molecule has 0 saturated carbocycles. The van der Waals surface area contributed by atoms with E-state index in [9.17, 15) is 14.4 Å². The molecule has 0 aromatic heterocycles. The summed E-state index contributed by atoms with van der Waals surface area (Å²) < 4.78 is 0. The van der Waals surface area contributed by atoms with Gasteiger partial charge in [-0.05, 0) is 45.1 Å². The summed E-state index contributed by atoms with van der Waals surface area (Å²) in [4.78, 5) is 39.6. The van der Waals surface area contributed by atoms with E-state index in [0.29, 0.717) is 17.1 Å². The quantitative estimate of drug-likeness (QED) is 0.503. The number of carbonyl (C=O) groups is 3. The summed E-state index contributed by atoms with van der Waals surface area (Å²) in [5, 5.41) is 5.97. The van der Waals surface area contributed by atoms with Crippen LogP contribution in [0.4, 0.5) is 4.79 Å². The third-order valence-corrected chi connectivity index (χ3v) is 4.53. The van der Waals surface area contributed by atoms with Crippen molar-refractivity contribution in [2.24, 2.45) is 0 Å². The lowest BCUT2D eigenvalue weighted by Crippen LogP contribution is -2.33. The Morgan fingerprint density at radius 1 is 1.31 bits per heavy atom. The molecule has 0 radical (unpaired) electrons. The van der Waals surface area contributed by atoms with Crippen LogP contribution in [0.15, 0.2) is 24.3 Å². The van der Waals surface area contributed by atoms with Gasteiger partial charge in [-0.25, -0.2) is 4.79 Å². The minimum Gasteiger partial charge on any atom is -0.356 e. The zero-order chi connectivity index (χ0) is 19.1. The van der Waals surface area contributed by atoms with Crippen molar-refractivity contribution in [2.75, 3.05) is 27.2 Å². The van der Waals surface area contributed by atoms with Gasteiger partial charge in [0, 0.05) is 18.0 Å². The fourth-order valence-corrected chi connectivity index (χ4v) is 2.90. The first-order valence-corrected chi connectivity index (χ1v) is 9.03. The highest BCUT2D eigenvalue weighted by Gasteiger charge is 2.37. The van der Waals surface area contributed by atoms with E-state index in [4.69, 9.17) is 11.6 Å². The zero-order valence-electron chi connectivity index (χ0n) is 15.1. The van der Waals surface area contributed by atoms with Crippen LogP contribution in [0.5, 0.6) is 0 Å². The predicted molar refractivity (Wildman–Crippen MR) is 99.7 cm³/mol. The molecular weight excluding hydrogens is 356 g/mol. The Morgan fingerprint density at radius 2 is 2.04 bits per heavy atom. The van der Waals surface area contributed by atoms with Gasteiger partial charge in [0.05, 0.1) is 6.54 Å². The molecule has 7 nitrogen and oxygen atoms in total. The molecule has 0 bridgehead atoms. The summed E-state index contributed by atoms with van der Waals surface area (Å²) in [7, 11) is 3.95. The first-order valence-electron chi connectivity index (χ1n) is 8.65. The number of nitrogens with zero attached hydrogens (tertiary/aromatic N) is 2. The highest BCUT2D eigenvalue weighted by atomic mass is 35.5. The molecule has 0 spiro atoms. The molecule has 1 atom stereocenters. The van der Waals surface area contributed by atoms with E-state index in [2.05, 4.69) is 10.6 Å². The molecule has 8 heteroatoms. The van der Waals surface area contributed by atoms with Crippen molar-refractivity contribution in [1.29, 1.82) is 0 Å². The van der Waals surface area contributed by atoms with Crippen LogP contribution in [0.25, 0.3) is 0 Å². The molecule has 1 aliphatic rings. The number of hydrogen-bond acceptors (Lipinski definition) is 4. The number of nitrogens with one attached hydrogen (secondary N) is 2.